The van der Waals surface area contributed by atoms with Gasteiger partial charge in [-0.3, -0.25) is 4.79 Å². The third-order valence-electron chi connectivity index (χ3n) is 3.70. The number of amides is 1. The van der Waals surface area contributed by atoms with Crippen LogP contribution in [0.4, 0.5) is 0 Å². The highest BCUT2D eigenvalue weighted by molar-refractivity contribution is 8.16. The van der Waals surface area contributed by atoms with Crippen LogP contribution in [0.2, 0.25) is 0 Å². The third kappa shape index (κ3) is 5.73. The van der Waals surface area contributed by atoms with Gasteiger partial charge in [-0.15, -0.1) is 23.5 Å². The largest absolute Gasteiger partial charge is 0.383 e. The van der Waals surface area contributed by atoms with Crippen molar-refractivity contribution in [3.63, 3.8) is 0 Å². The number of hydrogen-bond acceptors (Lipinski definition) is 4. The zero-order valence-corrected chi connectivity index (χ0v) is 15.9. The summed E-state index contributed by atoms with van der Waals surface area (Å²) >= 11 is 4.01. The maximum absolute atomic E-state index is 12.7. The topological polar surface area (TPSA) is 29.5 Å². The molecule has 0 atom stereocenters. The van der Waals surface area contributed by atoms with Gasteiger partial charge in [-0.05, 0) is 41.5 Å². The summed E-state index contributed by atoms with van der Waals surface area (Å²) in [5, 5.41) is 0. The second-order valence-electron chi connectivity index (χ2n) is 6.19. The van der Waals surface area contributed by atoms with E-state index < -0.39 is 0 Å². The van der Waals surface area contributed by atoms with E-state index in [1.807, 2.05) is 40.6 Å². The highest BCUT2D eigenvalue weighted by atomic mass is 32.2. The molecule has 0 radical (unpaired) electrons. The summed E-state index contributed by atoms with van der Waals surface area (Å²) in [5.74, 6) is 3.02. The molecule has 1 aliphatic rings. The van der Waals surface area contributed by atoms with E-state index in [4.69, 9.17) is 4.74 Å². The minimum absolute atomic E-state index is 0.103. The van der Waals surface area contributed by atoms with E-state index in [2.05, 4.69) is 26.0 Å². The number of nitrogens with zero attached hydrogens (tertiary/aromatic N) is 1. The Hall–Kier alpha value is -0.650. The monoisotopic (exact) mass is 353 g/mol. The lowest BCUT2D eigenvalue weighted by Crippen LogP contribution is -2.36. The minimum Gasteiger partial charge on any atom is -0.383 e. The molecule has 1 aromatic carbocycles. The van der Waals surface area contributed by atoms with Crippen molar-refractivity contribution in [1.82, 2.24) is 4.90 Å². The molecule has 23 heavy (non-hydrogen) atoms. The first kappa shape index (κ1) is 18.7. The molecule has 0 bridgehead atoms. The van der Waals surface area contributed by atoms with Gasteiger partial charge in [0.15, 0.2) is 0 Å². The van der Waals surface area contributed by atoms with Crippen molar-refractivity contribution >= 4 is 29.4 Å². The summed E-state index contributed by atoms with van der Waals surface area (Å²) < 4.78 is 5.66. The molecule has 1 heterocycles. The number of rotatable bonds is 7. The average molecular weight is 354 g/mol. The van der Waals surface area contributed by atoms with Crippen molar-refractivity contribution in [2.24, 2.45) is 5.92 Å². The van der Waals surface area contributed by atoms with Gasteiger partial charge in [-0.25, -0.2) is 0 Å². The van der Waals surface area contributed by atoms with Gasteiger partial charge in [0, 0.05) is 25.8 Å². The molecular weight excluding hydrogens is 326 g/mol. The maximum Gasteiger partial charge on any atom is 0.253 e. The molecule has 1 saturated heterocycles. The molecule has 1 aromatic rings. The van der Waals surface area contributed by atoms with Gasteiger partial charge in [0.05, 0.1) is 11.2 Å². The van der Waals surface area contributed by atoms with Crippen LogP contribution in [0.15, 0.2) is 24.3 Å². The van der Waals surface area contributed by atoms with E-state index in [-0.39, 0.29) is 5.91 Å². The fourth-order valence-corrected chi connectivity index (χ4v) is 5.46. The fraction of sp³-hybridized carbons (Fsp3) is 0.611. The molecule has 0 unspecified atom stereocenters. The Morgan fingerprint density at radius 3 is 2.48 bits per heavy atom. The van der Waals surface area contributed by atoms with Crippen molar-refractivity contribution < 1.29 is 9.53 Å². The van der Waals surface area contributed by atoms with Crippen LogP contribution in [0, 0.1) is 5.92 Å². The normalized spacial score (nSPS) is 15.8. The van der Waals surface area contributed by atoms with Crippen molar-refractivity contribution in [3.05, 3.63) is 35.4 Å². The smallest absolute Gasteiger partial charge is 0.253 e. The van der Waals surface area contributed by atoms with Crippen molar-refractivity contribution in [3.8, 4) is 0 Å². The van der Waals surface area contributed by atoms with Crippen molar-refractivity contribution in [2.75, 3.05) is 38.3 Å². The number of carbonyl (C=O) groups excluding carboxylic acids is 1. The molecule has 1 fully saturated rings. The zero-order chi connectivity index (χ0) is 16.7. The van der Waals surface area contributed by atoms with E-state index in [9.17, 15) is 4.79 Å². The van der Waals surface area contributed by atoms with E-state index in [0.29, 0.717) is 23.7 Å². The van der Waals surface area contributed by atoms with Crippen LogP contribution >= 0.6 is 23.5 Å². The zero-order valence-electron chi connectivity index (χ0n) is 14.3. The van der Waals surface area contributed by atoms with Crippen LogP contribution < -0.4 is 0 Å². The standard InChI is InChI=1S/C18H27NO2S2/c1-14(2)13-19(9-10-21-3)17(20)15-5-7-16(8-6-15)18-22-11-4-12-23-18/h5-8,14,18H,4,9-13H2,1-3H3. The van der Waals surface area contributed by atoms with Gasteiger partial charge in [0.25, 0.3) is 5.91 Å². The van der Waals surface area contributed by atoms with E-state index >= 15 is 0 Å². The maximum atomic E-state index is 12.7. The third-order valence-corrected chi connectivity index (χ3v) is 6.71. The Bertz CT molecular complexity index is 484. The Balaban J connectivity index is 2.04. The predicted octanol–water partition coefficient (Wildman–Crippen LogP) is 4.30. The van der Waals surface area contributed by atoms with Gasteiger partial charge in [-0.1, -0.05) is 26.0 Å². The average Bonchev–Trinajstić information content (AvgIpc) is 2.58. The molecule has 1 amide bonds. The van der Waals surface area contributed by atoms with Gasteiger partial charge < -0.3 is 9.64 Å². The summed E-state index contributed by atoms with van der Waals surface area (Å²) in [6, 6.07) is 8.20. The van der Waals surface area contributed by atoms with E-state index in [1.165, 1.54) is 23.5 Å². The van der Waals surface area contributed by atoms with Gasteiger partial charge >= 0.3 is 0 Å². The quantitative estimate of drug-likeness (QED) is 0.731. The van der Waals surface area contributed by atoms with Gasteiger partial charge in [0.1, 0.15) is 0 Å². The molecule has 0 aromatic heterocycles. The molecule has 0 aliphatic carbocycles. The van der Waals surface area contributed by atoms with E-state index in [0.717, 1.165) is 12.1 Å². The van der Waals surface area contributed by atoms with E-state index in [1.54, 1.807) is 7.11 Å². The second-order valence-corrected chi connectivity index (χ2v) is 8.91. The van der Waals surface area contributed by atoms with Crippen molar-refractivity contribution in [2.45, 2.75) is 24.9 Å². The van der Waals surface area contributed by atoms with Crippen LogP contribution in [0.3, 0.4) is 0 Å². The number of hydrogen-bond donors (Lipinski definition) is 0. The lowest BCUT2D eigenvalue weighted by atomic mass is 10.1. The summed E-state index contributed by atoms with van der Waals surface area (Å²) in [4.78, 5) is 14.6. The Morgan fingerprint density at radius 1 is 1.26 bits per heavy atom. The fourth-order valence-electron chi connectivity index (χ4n) is 2.56. The van der Waals surface area contributed by atoms with Crippen LogP contribution in [0.25, 0.3) is 0 Å². The minimum atomic E-state index is 0.103. The number of carbonyl (C=O) groups is 1. The summed E-state index contributed by atoms with van der Waals surface area (Å²) in [7, 11) is 1.67. The van der Waals surface area contributed by atoms with Crippen LogP contribution in [-0.4, -0.2) is 49.1 Å². The first-order valence-electron chi connectivity index (χ1n) is 8.23. The lowest BCUT2D eigenvalue weighted by Gasteiger charge is -2.25. The Kier molecular flexibility index (Phi) is 7.80. The second kappa shape index (κ2) is 9.60. The predicted molar refractivity (Wildman–Crippen MR) is 101 cm³/mol. The molecule has 3 nitrogen and oxygen atoms in total. The lowest BCUT2D eigenvalue weighted by molar-refractivity contribution is 0.0672. The van der Waals surface area contributed by atoms with Crippen LogP contribution in [0.1, 0.15) is 40.8 Å². The molecule has 0 spiro atoms. The van der Waals surface area contributed by atoms with Gasteiger partial charge in [0.2, 0.25) is 0 Å². The number of thioether (sulfide) groups is 2. The number of methoxy groups -OCH3 is 1. The molecule has 1 aliphatic heterocycles. The summed E-state index contributed by atoms with van der Waals surface area (Å²) in [5.41, 5.74) is 2.10. The molecule has 5 heteroatoms. The summed E-state index contributed by atoms with van der Waals surface area (Å²) in [6.45, 7) is 6.25. The first-order chi connectivity index (χ1) is 11.1. The number of benzene rings is 1. The first-order valence-corrected chi connectivity index (χ1v) is 10.3. The highest BCUT2D eigenvalue weighted by Gasteiger charge is 2.19. The van der Waals surface area contributed by atoms with Crippen LogP contribution in [0.5, 0.6) is 0 Å². The molecule has 2 rings (SSSR count). The van der Waals surface area contributed by atoms with Crippen LogP contribution in [-0.2, 0) is 4.74 Å². The SMILES string of the molecule is COCCN(CC(C)C)C(=O)c1ccc(C2SCCCS2)cc1. The Labute approximate surface area is 148 Å². The Morgan fingerprint density at radius 2 is 1.91 bits per heavy atom. The number of ether oxygens (including phenoxy) is 1. The molecule has 0 N–H and O–H groups in total. The summed E-state index contributed by atoms with van der Waals surface area (Å²) in [6.07, 6.45) is 1.30. The highest BCUT2D eigenvalue weighted by Crippen LogP contribution is 2.43. The molecular formula is C18H27NO2S2. The van der Waals surface area contributed by atoms with Gasteiger partial charge in [-0.2, -0.15) is 0 Å². The molecule has 0 saturated carbocycles. The molecule has 128 valence electrons. The van der Waals surface area contributed by atoms with Crippen molar-refractivity contribution in [1.29, 1.82) is 0 Å².